The number of alkyl halides is 3. The molecule has 0 aliphatic carbocycles. The van der Waals surface area contributed by atoms with E-state index in [4.69, 9.17) is 14.2 Å². The number of carbonyl (C=O) groups is 1. The van der Waals surface area contributed by atoms with Gasteiger partial charge >= 0.3 is 12.3 Å². The number of likely N-dealkylation sites (N-methyl/N-ethyl adjacent to an activating group) is 1. The molecule has 130 valence electrons. The molecule has 0 fully saturated rings. The lowest BCUT2D eigenvalue weighted by Crippen LogP contribution is -2.42. The topological polar surface area (TPSA) is 48.0 Å². The molecule has 0 bridgehead atoms. The monoisotopic (exact) mass is 335 g/mol. The normalized spacial score (nSPS) is 14.2. The molecule has 8 heteroatoms. The van der Waals surface area contributed by atoms with Gasteiger partial charge in [-0.15, -0.1) is 0 Å². The number of carbonyl (C=O) groups excluding carboxylic acids is 1. The molecule has 1 unspecified atom stereocenters. The number of para-hydroxylation sites is 1. The van der Waals surface area contributed by atoms with Gasteiger partial charge in [-0.1, -0.05) is 18.2 Å². The van der Waals surface area contributed by atoms with Crippen molar-refractivity contribution in [1.29, 1.82) is 0 Å². The Morgan fingerprint density at radius 2 is 1.78 bits per heavy atom. The minimum Gasteiger partial charge on any atom is -0.452 e. The van der Waals surface area contributed by atoms with Gasteiger partial charge in [-0.2, -0.15) is 13.2 Å². The lowest BCUT2D eigenvalue weighted by Gasteiger charge is -2.30. The smallest absolute Gasteiger partial charge is 0.452 e. The molecule has 0 radical (unpaired) electrons. The molecule has 5 nitrogen and oxygen atoms in total. The van der Waals surface area contributed by atoms with E-state index < -0.39 is 24.5 Å². The standard InChI is InChI=1S/C15H20F3NO4/c1-14(11-15(16,17)18,22-12-7-5-4-6-8-12)23-13(20)21-10-9-19(2)3/h4-8H,9-11H2,1-3H3. The Kier molecular flexibility index (Phi) is 6.68. The van der Waals surface area contributed by atoms with Gasteiger partial charge in [0.05, 0.1) is 0 Å². The van der Waals surface area contributed by atoms with Crippen LogP contribution in [0.1, 0.15) is 13.3 Å². The average Bonchev–Trinajstić information content (AvgIpc) is 2.36. The van der Waals surface area contributed by atoms with Gasteiger partial charge in [-0.25, -0.2) is 4.79 Å². The largest absolute Gasteiger partial charge is 0.511 e. The van der Waals surface area contributed by atoms with Crippen LogP contribution in [0.4, 0.5) is 18.0 Å². The maximum absolute atomic E-state index is 12.7. The molecule has 0 heterocycles. The Morgan fingerprint density at radius 1 is 1.17 bits per heavy atom. The first-order valence-electron chi connectivity index (χ1n) is 6.91. The van der Waals surface area contributed by atoms with Gasteiger partial charge in [0.2, 0.25) is 0 Å². The Bertz CT molecular complexity index is 493. The molecule has 0 spiro atoms. The molecule has 23 heavy (non-hydrogen) atoms. The van der Waals surface area contributed by atoms with Gasteiger partial charge < -0.3 is 19.1 Å². The molecule has 1 aromatic carbocycles. The highest BCUT2D eigenvalue weighted by Gasteiger charge is 2.44. The van der Waals surface area contributed by atoms with Gasteiger partial charge in [0.15, 0.2) is 0 Å². The van der Waals surface area contributed by atoms with Crippen LogP contribution < -0.4 is 4.74 Å². The molecule has 1 atom stereocenters. The second-order valence-corrected chi connectivity index (χ2v) is 5.34. The summed E-state index contributed by atoms with van der Waals surface area (Å²) < 4.78 is 53.0. The summed E-state index contributed by atoms with van der Waals surface area (Å²) >= 11 is 0. The van der Waals surface area contributed by atoms with E-state index in [1.165, 1.54) is 12.1 Å². The van der Waals surface area contributed by atoms with Crippen molar-refractivity contribution in [3.05, 3.63) is 30.3 Å². The number of hydrogen-bond acceptors (Lipinski definition) is 5. The summed E-state index contributed by atoms with van der Waals surface area (Å²) in [5.41, 5.74) is 0. The summed E-state index contributed by atoms with van der Waals surface area (Å²) in [7, 11) is 3.53. The number of halogens is 3. The predicted molar refractivity (Wildman–Crippen MR) is 77.1 cm³/mol. The first-order chi connectivity index (χ1) is 10.6. The van der Waals surface area contributed by atoms with Crippen molar-refractivity contribution in [2.45, 2.75) is 25.3 Å². The van der Waals surface area contributed by atoms with E-state index >= 15 is 0 Å². The number of ether oxygens (including phenoxy) is 3. The van der Waals surface area contributed by atoms with E-state index in [2.05, 4.69) is 0 Å². The Labute approximate surface area is 132 Å². The van der Waals surface area contributed by atoms with Gasteiger partial charge in [-0.3, -0.25) is 0 Å². The van der Waals surface area contributed by atoms with Crippen molar-refractivity contribution in [1.82, 2.24) is 4.90 Å². The van der Waals surface area contributed by atoms with Gasteiger partial charge in [0.25, 0.3) is 5.79 Å². The SMILES string of the molecule is CN(C)CCOC(=O)OC(C)(CC(F)(F)F)Oc1ccccc1. The van der Waals surface area contributed by atoms with Crippen LogP contribution in [0.25, 0.3) is 0 Å². The second-order valence-electron chi connectivity index (χ2n) is 5.34. The first kappa shape index (κ1) is 19.1. The zero-order valence-electron chi connectivity index (χ0n) is 13.2. The second kappa shape index (κ2) is 8.05. The molecule has 0 saturated heterocycles. The van der Waals surface area contributed by atoms with Gasteiger partial charge in [0.1, 0.15) is 18.8 Å². The average molecular weight is 335 g/mol. The molecule has 1 rings (SSSR count). The van der Waals surface area contributed by atoms with Gasteiger partial charge in [-0.05, 0) is 26.2 Å². The fraction of sp³-hybridized carbons (Fsp3) is 0.533. The molecule has 0 aliphatic rings. The fourth-order valence-electron chi connectivity index (χ4n) is 1.71. The van der Waals surface area contributed by atoms with Crippen LogP contribution in [0.3, 0.4) is 0 Å². The number of hydrogen-bond donors (Lipinski definition) is 0. The minimum atomic E-state index is -4.58. The zero-order chi connectivity index (χ0) is 17.5. The molecule has 0 aromatic heterocycles. The Morgan fingerprint density at radius 3 is 2.30 bits per heavy atom. The molecular formula is C15H20F3NO4. The van der Waals surface area contributed by atoms with Crippen LogP contribution in [-0.4, -0.2) is 50.3 Å². The Balaban J connectivity index is 2.73. The van der Waals surface area contributed by atoms with Crippen molar-refractivity contribution in [3.63, 3.8) is 0 Å². The first-order valence-corrected chi connectivity index (χ1v) is 6.91. The minimum absolute atomic E-state index is 0.000726. The van der Waals surface area contributed by atoms with Crippen molar-refractivity contribution in [2.75, 3.05) is 27.2 Å². The lowest BCUT2D eigenvalue weighted by molar-refractivity contribution is -0.229. The lowest BCUT2D eigenvalue weighted by atomic mass is 10.2. The fourth-order valence-corrected chi connectivity index (χ4v) is 1.71. The Hall–Kier alpha value is -1.96. The highest BCUT2D eigenvalue weighted by Crippen LogP contribution is 2.32. The molecule has 0 saturated carbocycles. The third-order valence-corrected chi connectivity index (χ3v) is 2.66. The van der Waals surface area contributed by atoms with Crippen LogP contribution in [-0.2, 0) is 9.47 Å². The highest BCUT2D eigenvalue weighted by molar-refractivity contribution is 5.60. The summed E-state index contributed by atoms with van der Waals surface area (Å²) in [6.45, 7) is 1.46. The maximum Gasteiger partial charge on any atom is 0.511 e. The quantitative estimate of drug-likeness (QED) is 0.564. The van der Waals surface area contributed by atoms with Crippen molar-refractivity contribution < 1.29 is 32.2 Å². The van der Waals surface area contributed by atoms with Crippen LogP contribution >= 0.6 is 0 Å². The number of nitrogens with zero attached hydrogens (tertiary/aromatic N) is 1. The highest BCUT2D eigenvalue weighted by atomic mass is 19.4. The van der Waals surface area contributed by atoms with E-state index in [0.717, 1.165) is 6.92 Å². The third-order valence-electron chi connectivity index (χ3n) is 2.66. The zero-order valence-corrected chi connectivity index (χ0v) is 13.2. The molecule has 0 N–H and O–H groups in total. The van der Waals surface area contributed by atoms with Crippen LogP contribution in [0.5, 0.6) is 5.75 Å². The van der Waals surface area contributed by atoms with Crippen LogP contribution in [0.15, 0.2) is 30.3 Å². The summed E-state index contributed by atoms with van der Waals surface area (Å²) in [6.07, 6.45) is -7.25. The molecule has 0 aliphatic heterocycles. The van der Waals surface area contributed by atoms with E-state index in [-0.39, 0.29) is 12.4 Å². The van der Waals surface area contributed by atoms with Crippen molar-refractivity contribution in [2.24, 2.45) is 0 Å². The molecule has 1 aromatic rings. The van der Waals surface area contributed by atoms with E-state index in [1.807, 2.05) is 0 Å². The number of rotatable bonds is 7. The maximum atomic E-state index is 12.7. The molecule has 0 amide bonds. The third kappa shape index (κ3) is 8.29. The van der Waals surface area contributed by atoms with Crippen molar-refractivity contribution >= 4 is 6.16 Å². The summed E-state index contributed by atoms with van der Waals surface area (Å²) in [5.74, 6) is -2.06. The molecular weight excluding hydrogens is 315 g/mol. The van der Waals surface area contributed by atoms with Crippen LogP contribution in [0.2, 0.25) is 0 Å². The summed E-state index contributed by atoms with van der Waals surface area (Å²) in [6, 6.07) is 7.81. The van der Waals surface area contributed by atoms with E-state index in [9.17, 15) is 18.0 Å². The summed E-state index contributed by atoms with van der Waals surface area (Å²) in [4.78, 5) is 13.4. The van der Waals surface area contributed by atoms with Crippen LogP contribution in [0, 0.1) is 0 Å². The van der Waals surface area contributed by atoms with Gasteiger partial charge in [0, 0.05) is 13.5 Å². The van der Waals surface area contributed by atoms with E-state index in [0.29, 0.717) is 6.54 Å². The summed E-state index contributed by atoms with van der Waals surface area (Å²) in [5, 5.41) is 0. The van der Waals surface area contributed by atoms with Crippen molar-refractivity contribution in [3.8, 4) is 5.75 Å². The number of benzene rings is 1. The van der Waals surface area contributed by atoms with E-state index in [1.54, 1.807) is 37.2 Å². The predicted octanol–water partition coefficient (Wildman–Crippen LogP) is 3.45.